The molecular formula is C21H26FN4O8P. The monoisotopic (exact) mass is 512 g/mol. The number of nitrogens with one attached hydrogen (secondary N) is 1. The molecule has 0 spiro atoms. The molecule has 190 valence electrons. The lowest BCUT2D eigenvalue weighted by Crippen LogP contribution is -2.43. The number of nitrogens with two attached hydrogens (primary N) is 1. The summed E-state index contributed by atoms with van der Waals surface area (Å²) in [6.45, 7) is 5.04. The van der Waals surface area contributed by atoms with Crippen LogP contribution in [0.25, 0.3) is 0 Å². The highest BCUT2D eigenvalue weighted by atomic mass is 31.2. The number of ether oxygens (including phenoxy) is 2. The van der Waals surface area contributed by atoms with Crippen LogP contribution in [0.4, 0.5) is 10.2 Å². The lowest BCUT2D eigenvalue weighted by atomic mass is 9.98. The molecule has 1 fully saturated rings. The van der Waals surface area contributed by atoms with Gasteiger partial charge in [0.05, 0.1) is 12.9 Å². The number of aliphatic hydroxyl groups excluding tert-OH is 1. The Bertz CT molecular complexity index is 1160. The molecule has 0 bridgehead atoms. The van der Waals surface area contributed by atoms with E-state index in [9.17, 15) is 19.3 Å². The van der Waals surface area contributed by atoms with Crippen LogP contribution in [-0.2, 0) is 23.4 Å². The predicted molar refractivity (Wildman–Crippen MR) is 122 cm³/mol. The summed E-state index contributed by atoms with van der Waals surface area (Å²) in [5.74, 6) is -0.739. The van der Waals surface area contributed by atoms with Crippen molar-refractivity contribution in [2.75, 3.05) is 12.3 Å². The molecule has 2 aromatic rings. The van der Waals surface area contributed by atoms with Crippen LogP contribution in [0.15, 0.2) is 60.2 Å². The average Bonchev–Trinajstić information content (AvgIpc) is 3.02. The van der Waals surface area contributed by atoms with Gasteiger partial charge in [-0.05, 0) is 32.0 Å². The van der Waals surface area contributed by atoms with Gasteiger partial charge in [-0.3, -0.25) is 9.09 Å². The van der Waals surface area contributed by atoms with Gasteiger partial charge in [-0.2, -0.15) is 10.1 Å². The number of alkyl halides is 1. The van der Waals surface area contributed by atoms with E-state index in [1.807, 2.05) is 0 Å². The zero-order chi connectivity index (χ0) is 25.8. The Morgan fingerprint density at radius 1 is 1.46 bits per heavy atom. The molecule has 6 atom stereocenters. The maximum absolute atomic E-state index is 15.4. The Labute approximate surface area is 200 Å². The number of benzene rings is 1. The van der Waals surface area contributed by atoms with E-state index in [0.717, 1.165) is 17.8 Å². The number of aliphatic hydroxyl groups is 1. The van der Waals surface area contributed by atoms with Crippen molar-refractivity contribution in [1.29, 1.82) is 0 Å². The second kappa shape index (κ2) is 10.7. The van der Waals surface area contributed by atoms with Gasteiger partial charge < -0.3 is 24.8 Å². The minimum atomic E-state index is -4.30. The number of nitrogen functional groups attached to an aromatic ring is 1. The first-order valence-corrected chi connectivity index (χ1v) is 12.0. The molecule has 1 aliphatic rings. The fourth-order valence-corrected chi connectivity index (χ4v) is 4.81. The molecule has 2 heterocycles. The van der Waals surface area contributed by atoms with E-state index in [2.05, 4.69) is 21.4 Å². The maximum atomic E-state index is 15.4. The molecule has 1 aromatic carbocycles. The van der Waals surface area contributed by atoms with Crippen LogP contribution >= 0.6 is 7.75 Å². The van der Waals surface area contributed by atoms with Crippen molar-refractivity contribution < 1.29 is 37.4 Å². The first-order valence-electron chi connectivity index (χ1n) is 10.4. The fourth-order valence-electron chi connectivity index (χ4n) is 3.31. The Kier molecular flexibility index (Phi) is 8.08. The number of carbonyl (C=O) groups excluding carboxylic acids is 1. The van der Waals surface area contributed by atoms with Crippen LogP contribution in [0.1, 0.15) is 20.1 Å². The van der Waals surface area contributed by atoms with E-state index in [0.29, 0.717) is 0 Å². The third-order valence-electron chi connectivity index (χ3n) is 5.10. The standard InChI is InChI=1S/C21H26FN4O8P/c1-4-31-18(28)13(2)25-35(30,34-14-8-6-5-7-9-14)32-12-15-17(27)21(3,22)19(33-15)26-11-10-16(23)24-20(26)29/h4-11,13,15,17,19,27H,1,12H2,2-3H3,(H,25,30)(H2,23,24,29)/t13-,15+,17+,19+,21+,35-/m0/s1. The quantitative estimate of drug-likeness (QED) is 0.241. The largest absolute Gasteiger partial charge is 0.459 e. The zero-order valence-corrected chi connectivity index (χ0v) is 19.8. The van der Waals surface area contributed by atoms with Gasteiger partial charge in [-0.15, -0.1) is 0 Å². The highest BCUT2D eigenvalue weighted by Gasteiger charge is 2.56. The van der Waals surface area contributed by atoms with Crippen molar-refractivity contribution >= 4 is 19.5 Å². The number of carbonyl (C=O) groups is 1. The molecule has 12 nitrogen and oxygen atoms in total. The van der Waals surface area contributed by atoms with Gasteiger partial charge >= 0.3 is 19.4 Å². The lowest BCUT2D eigenvalue weighted by Gasteiger charge is -2.25. The summed E-state index contributed by atoms with van der Waals surface area (Å²) in [6.07, 6.45) is -2.64. The minimum absolute atomic E-state index is 0.0700. The van der Waals surface area contributed by atoms with Crippen molar-refractivity contribution in [3.63, 3.8) is 0 Å². The Balaban J connectivity index is 1.80. The van der Waals surface area contributed by atoms with E-state index in [-0.39, 0.29) is 11.6 Å². The molecule has 1 aliphatic heterocycles. The lowest BCUT2D eigenvalue weighted by molar-refractivity contribution is -0.139. The molecule has 4 N–H and O–H groups in total. The Morgan fingerprint density at radius 3 is 2.77 bits per heavy atom. The summed E-state index contributed by atoms with van der Waals surface area (Å²) in [4.78, 5) is 27.7. The van der Waals surface area contributed by atoms with E-state index < -0.39 is 56.2 Å². The Morgan fingerprint density at radius 2 is 2.14 bits per heavy atom. The first kappa shape index (κ1) is 26.5. The SMILES string of the molecule is C=COC(=O)[C@H](C)N[P@](=O)(OC[C@H]1O[C@@H](n2ccc(N)nc2=O)[C@](C)(F)[C@@H]1O)Oc1ccccc1. The van der Waals surface area contributed by atoms with Gasteiger partial charge in [0.2, 0.25) is 0 Å². The zero-order valence-electron chi connectivity index (χ0n) is 18.9. The molecule has 35 heavy (non-hydrogen) atoms. The van der Waals surface area contributed by atoms with Gasteiger partial charge in [-0.25, -0.2) is 18.5 Å². The third-order valence-corrected chi connectivity index (χ3v) is 6.75. The molecule has 3 rings (SSSR count). The average molecular weight is 512 g/mol. The summed E-state index contributed by atoms with van der Waals surface area (Å²) < 4.78 is 50.9. The van der Waals surface area contributed by atoms with Gasteiger partial charge in [0, 0.05) is 6.20 Å². The van der Waals surface area contributed by atoms with Gasteiger partial charge in [0.1, 0.15) is 29.8 Å². The van der Waals surface area contributed by atoms with Crippen LogP contribution < -0.4 is 21.0 Å². The van der Waals surface area contributed by atoms with Crippen LogP contribution in [0.2, 0.25) is 0 Å². The molecule has 1 aromatic heterocycles. The van der Waals surface area contributed by atoms with E-state index in [4.69, 9.17) is 19.5 Å². The smallest absolute Gasteiger partial charge is 0.434 e. The number of nitrogens with zero attached hydrogens (tertiary/aromatic N) is 2. The number of para-hydroxylation sites is 1. The number of rotatable bonds is 10. The highest BCUT2D eigenvalue weighted by Crippen LogP contribution is 2.47. The summed E-state index contributed by atoms with van der Waals surface area (Å²) >= 11 is 0. The number of hydrogen-bond acceptors (Lipinski definition) is 10. The second-order valence-corrected chi connectivity index (χ2v) is 9.51. The van der Waals surface area contributed by atoms with Crippen LogP contribution in [0.3, 0.4) is 0 Å². The van der Waals surface area contributed by atoms with Crippen molar-refractivity contribution in [1.82, 2.24) is 14.6 Å². The highest BCUT2D eigenvalue weighted by molar-refractivity contribution is 7.52. The van der Waals surface area contributed by atoms with Gasteiger partial charge in [-0.1, -0.05) is 24.8 Å². The van der Waals surface area contributed by atoms with Crippen molar-refractivity contribution in [2.45, 2.75) is 44.0 Å². The molecule has 0 amide bonds. The van der Waals surface area contributed by atoms with Gasteiger partial charge in [0.25, 0.3) is 0 Å². The predicted octanol–water partition coefficient (Wildman–Crippen LogP) is 1.68. The summed E-state index contributed by atoms with van der Waals surface area (Å²) in [6, 6.07) is 8.06. The third kappa shape index (κ3) is 6.13. The van der Waals surface area contributed by atoms with E-state index in [1.54, 1.807) is 18.2 Å². The Hall–Kier alpha value is -3.09. The number of halogens is 1. The molecule has 14 heteroatoms. The molecule has 0 radical (unpaired) electrons. The molecular weight excluding hydrogens is 486 g/mol. The minimum Gasteiger partial charge on any atom is -0.434 e. The fraction of sp³-hybridized carbons (Fsp3) is 0.381. The molecule has 1 saturated heterocycles. The van der Waals surface area contributed by atoms with Gasteiger partial charge in [0.15, 0.2) is 11.9 Å². The second-order valence-electron chi connectivity index (χ2n) is 7.82. The molecule has 0 unspecified atom stereocenters. The topological polar surface area (TPSA) is 164 Å². The van der Waals surface area contributed by atoms with E-state index >= 15 is 4.39 Å². The molecule has 0 aliphatic carbocycles. The van der Waals surface area contributed by atoms with Crippen molar-refractivity contribution in [2.24, 2.45) is 0 Å². The van der Waals surface area contributed by atoms with Crippen molar-refractivity contribution in [3.8, 4) is 5.75 Å². The van der Waals surface area contributed by atoms with Crippen LogP contribution in [0, 0.1) is 0 Å². The van der Waals surface area contributed by atoms with Crippen molar-refractivity contribution in [3.05, 3.63) is 65.9 Å². The summed E-state index contributed by atoms with van der Waals surface area (Å²) in [7, 11) is -4.30. The maximum Gasteiger partial charge on any atom is 0.459 e. The number of hydrogen-bond donors (Lipinski definition) is 3. The number of aromatic nitrogens is 2. The van der Waals surface area contributed by atoms with E-state index in [1.165, 1.54) is 31.3 Å². The van der Waals surface area contributed by atoms with Crippen LogP contribution in [-0.4, -0.2) is 51.2 Å². The first-order chi connectivity index (χ1) is 16.5. The normalized spacial score (nSPS) is 26.5. The number of esters is 1. The number of anilines is 1. The summed E-state index contributed by atoms with van der Waals surface area (Å²) in [5.41, 5.74) is 2.13. The van der Waals surface area contributed by atoms with Crippen LogP contribution in [0.5, 0.6) is 5.75 Å². The molecule has 0 saturated carbocycles. The summed E-state index contributed by atoms with van der Waals surface area (Å²) in [5, 5.41) is 13.0.